The van der Waals surface area contributed by atoms with E-state index in [1.54, 1.807) is 4.90 Å². The molecular formula is C24H23N5OS. The lowest BCUT2D eigenvalue weighted by Crippen LogP contribution is -2.34. The van der Waals surface area contributed by atoms with Crippen molar-refractivity contribution < 1.29 is 4.79 Å². The molecule has 0 aliphatic carbocycles. The second kappa shape index (κ2) is 11.0. The number of benzene rings is 2. The van der Waals surface area contributed by atoms with Crippen LogP contribution in [0.2, 0.25) is 0 Å². The summed E-state index contributed by atoms with van der Waals surface area (Å²) in [5, 5.41) is 18.4. The Morgan fingerprint density at radius 1 is 1.03 bits per heavy atom. The van der Waals surface area contributed by atoms with E-state index < -0.39 is 0 Å². The minimum absolute atomic E-state index is 0.102. The number of aryl methyl sites for hydroxylation is 1. The molecule has 0 atom stereocenters. The van der Waals surface area contributed by atoms with E-state index in [9.17, 15) is 4.79 Å². The maximum atomic E-state index is 12.7. The van der Waals surface area contributed by atoms with E-state index in [2.05, 4.69) is 33.8 Å². The second-order valence-corrected chi connectivity index (χ2v) is 7.89. The number of rotatable bonds is 9. The van der Waals surface area contributed by atoms with Gasteiger partial charge in [0.15, 0.2) is 5.16 Å². The maximum absolute atomic E-state index is 12.7. The van der Waals surface area contributed by atoms with Crippen LogP contribution in [0.4, 0.5) is 0 Å². The summed E-state index contributed by atoms with van der Waals surface area (Å²) in [5.74, 6) is 0.0868. The lowest BCUT2D eigenvalue weighted by Gasteiger charge is -2.20. The van der Waals surface area contributed by atoms with Crippen LogP contribution in [0.1, 0.15) is 18.4 Å². The normalized spacial score (nSPS) is 10.3. The summed E-state index contributed by atoms with van der Waals surface area (Å²) in [4.78, 5) is 18.9. The van der Waals surface area contributed by atoms with Gasteiger partial charge in [0.2, 0.25) is 5.91 Å². The molecule has 2 aromatic carbocycles. The van der Waals surface area contributed by atoms with Crippen LogP contribution < -0.4 is 0 Å². The smallest absolute Gasteiger partial charge is 0.233 e. The fourth-order valence-electron chi connectivity index (χ4n) is 3.14. The van der Waals surface area contributed by atoms with Crippen LogP contribution in [-0.2, 0) is 4.79 Å². The molecule has 0 N–H and O–H groups in total. The molecule has 0 unspecified atom stereocenters. The predicted octanol–water partition coefficient (Wildman–Crippen LogP) is 4.60. The van der Waals surface area contributed by atoms with Gasteiger partial charge in [0, 0.05) is 24.3 Å². The van der Waals surface area contributed by atoms with Gasteiger partial charge in [-0.2, -0.15) is 10.5 Å². The molecule has 0 aliphatic heterocycles. The second-order valence-electron chi connectivity index (χ2n) is 6.95. The number of thioether (sulfide) groups is 1. The van der Waals surface area contributed by atoms with Crippen LogP contribution in [0.25, 0.3) is 16.9 Å². The Kier molecular flexibility index (Phi) is 7.86. The monoisotopic (exact) mass is 429 g/mol. The first kappa shape index (κ1) is 22.1. The van der Waals surface area contributed by atoms with Crippen LogP contribution in [0, 0.1) is 29.6 Å². The Morgan fingerprint density at radius 2 is 1.68 bits per heavy atom. The third kappa shape index (κ3) is 5.75. The summed E-state index contributed by atoms with van der Waals surface area (Å²) < 4.78 is 2.06. The summed E-state index contributed by atoms with van der Waals surface area (Å²) in [7, 11) is 0. The fourth-order valence-corrected chi connectivity index (χ4v) is 4.04. The highest BCUT2D eigenvalue weighted by molar-refractivity contribution is 7.99. The molecule has 0 saturated heterocycles. The Bertz CT molecular complexity index is 1080. The van der Waals surface area contributed by atoms with Crippen molar-refractivity contribution in [1.82, 2.24) is 14.5 Å². The Morgan fingerprint density at radius 3 is 2.29 bits per heavy atom. The standard InChI is InChI=1S/C24H23N5OS/c1-19-9-11-21(12-10-19)29-22(20-7-3-2-4-8-20)17-27-24(29)31-18-23(30)28(15-5-13-25)16-6-14-26/h2-4,7-12,17H,5-6,15-16,18H2,1H3. The van der Waals surface area contributed by atoms with Gasteiger partial charge in [-0.25, -0.2) is 4.98 Å². The van der Waals surface area contributed by atoms with Gasteiger partial charge in [-0.05, 0) is 19.1 Å². The maximum Gasteiger partial charge on any atom is 0.233 e. The molecule has 1 amide bonds. The van der Waals surface area contributed by atoms with Gasteiger partial charge in [-0.1, -0.05) is 59.8 Å². The van der Waals surface area contributed by atoms with E-state index in [4.69, 9.17) is 10.5 Å². The zero-order chi connectivity index (χ0) is 22.1. The van der Waals surface area contributed by atoms with Crippen molar-refractivity contribution in [3.8, 4) is 29.1 Å². The van der Waals surface area contributed by atoms with Crippen LogP contribution in [0.5, 0.6) is 0 Å². The van der Waals surface area contributed by atoms with Crippen molar-refractivity contribution in [1.29, 1.82) is 10.5 Å². The molecule has 0 aliphatic rings. The van der Waals surface area contributed by atoms with Gasteiger partial charge in [-0.15, -0.1) is 0 Å². The molecule has 156 valence electrons. The summed E-state index contributed by atoms with van der Waals surface area (Å²) in [6.07, 6.45) is 2.32. The van der Waals surface area contributed by atoms with E-state index in [0.29, 0.717) is 13.1 Å². The Balaban J connectivity index is 1.86. The number of nitriles is 2. The first-order valence-electron chi connectivity index (χ1n) is 9.98. The molecule has 0 radical (unpaired) electrons. The number of hydrogen-bond acceptors (Lipinski definition) is 5. The predicted molar refractivity (Wildman–Crippen MR) is 122 cm³/mol. The molecule has 1 heterocycles. The highest BCUT2D eigenvalue weighted by Gasteiger charge is 2.18. The first-order valence-corrected chi connectivity index (χ1v) is 11.0. The molecule has 31 heavy (non-hydrogen) atoms. The summed E-state index contributed by atoms with van der Waals surface area (Å²) in [6, 6.07) is 22.3. The van der Waals surface area contributed by atoms with E-state index in [1.165, 1.54) is 17.3 Å². The molecule has 3 aromatic rings. The van der Waals surface area contributed by atoms with Gasteiger partial charge in [0.05, 0.1) is 42.6 Å². The number of aromatic nitrogens is 2. The van der Waals surface area contributed by atoms with E-state index >= 15 is 0 Å². The largest absolute Gasteiger partial charge is 0.340 e. The van der Waals surface area contributed by atoms with Gasteiger partial charge < -0.3 is 4.90 Å². The molecule has 1 aromatic heterocycles. The molecule has 0 bridgehead atoms. The number of nitrogens with zero attached hydrogens (tertiary/aromatic N) is 5. The summed E-state index contributed by atoms with van der Waals surface area (Å²) >= 11 is 1.36. The fraction of sp³-hybridized carbons (Fsp3) is 0.250. The molecule has 0 saturated carbocycles. The topological polar surface area (TPSA) is 85.7 Å². The van der Waals surface area contributed by atoms with Crippen LogP contribution in [-0.4, -0.2) is 39.2 Å². The van der Waals surface area contributed by atoms with Crippen LogP contribution in [0.15, 0.2) is 66.0 Å². The van der Waals surface area contributed by atoms with Crippen LogP contribution >= 0.6 is 11.8 Å². The molecule has 7 heteroatoms. The summed E-state index contributed by atoms with van der Waals surface area (Å²) in [6.45, 7) is 2.71. The van der Waals surface area contributed by atoms with E-state index in [0.717, 1.165) is 22.1 Å². The number of carbonyl (C=O) groups excluding carboxylic acids is 1. The quantitative estimate of drug-likeness (QED) is 0.464. The minimum atomic E-state index is -0.102. The molecule has 6 nitrogen and oxygen atoms in total. The Hall–Kier alpha value is -3.55. The molecule has 3 rings (SSSR count). The van der Waals surface area contributed by atoms with Crippen LogP contribution in [0.3, 0.4) is 0 Å². The van der Waals surface area contributed by atoms with Crippen molar-refractivity contribution >= 4 is 17.7 Å². The van der Waals surface area contributed by atoms with E-state index in [-0.39, 0.29) is 24.5 Å². The van der Waals surface area contributed by atoms with E-state index in [1.807, 2.05) is 55.6 Å². The van der Waals surface area contributed by atoms with Gasteiger partial charge in [0.25, 0.3) is 0 Å². The number of carbonyl (C=O) groups is 1. The Labute approximate surface area is 186 Å². The number of amides is 1. The molecule has 0 spiro atoms. The van der Waals surface area contributed by atoms with Gasteiger partial charge >= 0.3 is 0 Å². The number of hydrogen-bond donors (Lipinski definition) is 0. The van der Waals surface area contributed by atoms with Crippen molar-refractivity contribution in [2.75, 3.05) is 18.8 Å². The SMILES string of the molecule is Cc1ccc(-n2c(-c3ccccc3)cnc2SCC(=O)N(CCC#N)CCC#N)cc1. The highest BCUT2D eigenvalue weighted by Crippen LogP contribution is 2.30. The van der Waals surface area contributed by atoms with Gasteiger partial charge in [-0.3, -0.25) is 9.36 Å². The van der Waals surface area contributed by atoms with Crippen molar-refractivity contribution in [3.05, 3.63) is 66.4 Å². The zero-order valence-corrected chi connectivity index (χ0v) is 18.2. The lowest BCUT2D eigenvalue weighted by atomic mass is 10.1. The van der Waals surface area contributed by atoms with Crippen molar-refractivity contribution in [2.24, 2.45) is 0 Å². The average Bonchev–Trinajstić information content (AvgIpc) is 3.22. The first-order chi connectivity index (χ1) is 15.1. The third-order valence-corrected chi connectivity index (χ3v) is 5.69. The van der Waals surface area contributed by atoms with Crippen molar-refractivity contribution in [3.63, 3.8) is 0 Å². The zero-order valence-electron chi connectivity index (χ0n) is 17.4. The number of imidazole rings is 1. The average molecular weight is 430 g/mol. The lowest BCUT2D eigenvalue weighted by molar-refractivity contribution is -0.128. The molecular weight excluding hydrogens is 406 g/mol. The highest BCUT2D eigenvalue weighted by atomic mass is 32.2. The third-order valence-electron chi connectivity index (χ3n) is 4.76. The van der Waals surface area contributed by atoms with Crippen molar-refractivity contribution in [2.45, 2.75) is 24.9 Å². The van der Waals surface area contributed by atoms with Gasteiger partial charge in [0.1, 0.15) is 0 Å². The molecule has 0 fully saturated rings. The summed E-state index contributed by atoms with van der Waals surface area (Å²) in [5.41, 5.74) is 4.13. The minimum Gasteiger partial charge on any atom is -0.340 e.